The first-order chi connectivity index (χ1) is 7.54. The van der Waals surface area contributed by atoms with Crippen LogP contribution in [0.1, 0.15) is 24.2 Å². The number of Topliss-reactive ketones (excluding diaryl/α,β-unsaturated/α-hetero) is 1. The second kappa shape index (κ2) is 5.61. The van der Waals surface area contributed by atoms with Crippen LogP contribution >= 0.6 is 0 Å². The molecule has 1 aromatic rings. The second-order valence-corrected chi connectivity index (χ2v) is 3.56. The van der Waals surface area contributed by atoms with E-state index in [1.165, 1.54) is 25.1 Å². The summed E-state index contributed by atoms with van der Waals surface area (Å²) in [5.41, 5.74) is 0.338. The number of halogens is 1. The van der Waals surface area contributed by atoms with E-state index < -0.39 is 5.82 Å². The third-order valence-electron chi connectivity index (χ3n) is 2.21. The summed E-state index contributed by atoms with van der Waals surface area (Å²) in [6.07, 6.45) is -0.105. The molecule has 0 bridgehead atoms. The number of methoxy groups -OCH3 is 1. The number of ketones is 1. The SMILES string of the molecule is COC(C)COc1ccc(C(C)=O)cc1F. The van der Waals surface area contributed by atoms with Crippen LogP contribution in [0.3, 0.4) is 0 Å². The Kier molecular flexibility index (Phi) is 4.43. The predicted octanol–water partition coefficient (Wildman–Crippen LogP) is 2.44. The van der Waals surface area contributed by atoms with Gasteiger partial charge in [0.05, 0.1) is 6.10 Å². The molecule has 0 N–H and O–H groups in total. The van der Waals surface area contributed by atoms with Gasteiger partial charge >= 0.3 is 0 Å². The molecule has 88 valence electrons. The van der Waals surface area contributed by atoms with Gasteiger partial charge in [0.1, 0.15) is 6.61 Å². The van der Waals surface area contributed by atoms with Gasteiger partial charge in [-0.25, -0.2) is 4.39 Å². The van der Waals surface area contributed by atoms with E-state index in [0.29, 0.717) is 5.56 Å². The number of rotatable bonds is 5. The molecule has 0 aliphatic rings. The molecule has 1 aromatic carbocycles. The fourth-order valence-corrected chi connectivity index (χ4v) is 1.11. The normalized spacial score (nSPS) is 12.2. The lowest BCUT2D eigenvalue weighted by Gasteiger charge is -2.12. The summed E-state index contributed by atoms with van der Waals surface area (Å²) in [5.74, 6) is -0.569. The van der Waals surface area contributed by atoms with Crippen LogP contribution < -0.4 is 4.74 Å². The molecule has 0 saturated carbocycles. The zero-order valence-corrected chi connectivity index (χ0v) is 9.62. The van der Waals surface area contributed by atoms with Gasteiger partial charge in [-0.3, -0.25) is 4.79 Å². The zero-order valence-electron chi connectivity index (χ0n) is 9.62. The fraction of sp³-hybridized carbons (Fsp3) is 0.417. The molecule has 4 heteroatoms. The topological polar surface area (TPSA) is 35.5 Å². The summed E-state index contributed by atoms with van der Waals surface area (Å²) < 4.78 is 23.6. The van der Waals surface area contributed by atoms with Crippen molar-refractivity contribution in [2.24, 2.45) is 0 Å². The van der Waals surface area contributed by atoms with Crippen molar-refractivity contribution >= 4 is 5.78 Å². The van der Waals surface area contributed by atoms with Crippen LogP contribution in [0.5, 0.6) is 5.75 Å². The minimum atomic E-state index is -0.531. The van der Waals surface area contributed by atoms with Gasteiger partial charge in [0.25, 0.3) is 0 Å². The number of benzene rings is 1. The van der Waals surface area contributed by atoms with E-state index >= 15 is 0 Å². The van der Waals surface area contributed by atoms with E-state index in [-0.39, 0.29) is 24.2 Å². The summed E-state index contributed by atoms with van der Waals surface area (Å²) in [4.78, 5) is 11.0. The molecule has 0 radical (unpaired) electrons. The third kappa shape index (κ3) is 3.31. The lowest BCUT2D eigenvalue weighted by Crippen LogP contribution is -2.16. The maximum absolute atomic E-state index is 13.4. The van der Waals surface area contributed by atoms with Crippen molar-refractivity contribution < 1.29 is 18.7 Å². The lowest BCUT2D eigenvalue weighted by molar-refractivity contribution is 0.0701. The fourth-order valence-electron chi connectivity index (χ4n) is 1.11. The third-order valence-corrected chi connectivity index (χ3v) is 2.21. The molecule has 0 heterocycles. The van der Waals surface area contributed by atoms with Crippen molar-refractivity contribution in [3.8, 4) is 5.75 Å². The zero-order chi connectivity index (χ0) is 12.1. The second-order valence-electron chi connectivity index (χ2n) is 3.56. The van der Waals surface area contributed by atoms with Crippen molar-refractivity contribution in [2.45, 2.75) is 20.0 Å². The number of hydrogen-bond acceptors (Lipinski definition) is 3. The molecule has 0 aliphatic carbocycles. The molecule has 1 unspecified atom stereocenters. The van der Waals surface area contributed by atoms with Crippen LogP contribution in [0, 0.1) is 5.82 Å². The van der Waals surface area contributed by atoms with Gasteiger partial charge in [-0.15, -0.1) is 0 Å². The highest BCUT2D eigenvalue weighted by Crippen LogP contribution is 2.18. The monoisotopic (exact) mass is 226 g/mol. The van der Waals surface area contributed by atoms with Crippen LogP contribution in [0.15, 0.2) is 18.2 Å². The van der Waals surface area contributed by atoms with Crippen LogP contribution in [-0.2, 0) is 4.74 Å². The molecule has 0 amide bonds. The molecule has 1 atom stereocenters. The highest BCUT2D eigenvalue weighted by Gasteiger charge is 2.08. The van der Waals surface area contributed by atoms with Crippen molar-refractivity contribution in [3.05, 3.63) is 29.6 Å². The predicted molar refractivity (Wildman–Crippen MR) is 58.4 cm³/mol. The molecule has 16 heavy (non-hydrogen) atoms. The Morgan fingerprint density at radius 3 is 2.69 bits per heavy atom. The first-order valence-electron chi connectivity index (χ1n) is 5.00. The van der Waals surface area contributed by atoms with Gasteiger partial charge in [-0.1, -0.05) is 0 Å². The van der Waals surface area contributed by atoms with E-state index in [4.69, 9.17) is 9.47 Å². The number of carbonyl (C=O) groups excluding carboxylic acids is 1. The van der Waals surface area contributed by atoms with Gasteiger partial charge in [-0.2, -0.15) is 0 Å². The lowest BCUT2D eigenvalue weighted by atomic mass is 10.1. The van der Waals surface area contributed by atoms with Crippen molar-refractivity contribution in [1.82, 2.24) is 0 Å². The van der Waals surface area contributed by atoms with Crippen molar-refractivity contribution in [2.75, 3.05) is 13.7 Å². The Hall–Kier alpha value is -1.42. The molecular formula is C12H15FO3. The minimum Gasteiger partial charge on any atom is -0.488 e. The van der Waals surface area contributed by atoms with Crippen molar-refractivity contribution in [3.63, 3.8) is 0 Å². The highest BCUT2D eigenvalue weighted by molar-refractivity contribution is 5.94. The maximum atomic E-state index is 13.4. The van der Waals surface area contributed by atoms with Crippen LogP contribution in [0.2, 0.25) is 0 Å². The molecule has 0 aliphatic heterocycles. The first kappa shape index (κ1) is 12.6. The van der Waals surface area contributed by atoms with E-state index in [9.17, 15) is 9.18 Å². The summed E-state index contributed by atoms with van der Waals surface area (Å²) in [5, 5.41) is 0. The van der Waals surface area contributed by atoms with E-state index in [1.54, 1.807) is 7.11 Å². The van der Waals surface area contributed by atoms with Crippen LogP contribution in [0.4, 0.5) is 4.39 Å². The minimum absolute atomic E-state index is 0.105. The molecule has 0 saturated heterocycles. The Morgan fingerprint density at radius 2 is 2.19 bits per heavy atom. The number of hydrogen-bond donors (Lipinski definition) is 0. The molecule has 0 aromatic heterocycles. The molecule has 1 rings (SSSR count). The standard InChI is InChI=1S/C12H15FO3/c1-8(15-3)7-16-12-5-4-10(9(2)14)6-11(12)13/h4-6,8H,7H2,1-3H3. The smallest absolute Gasteiger partial charge is 0.165 e. The molecule has 0 spiro atoms. The quantitative estimate of drug-likeness (QED) is 0.723. The molecule has 3 nitrogen and oxygen atoms in total. The summed E-state index contributed by atoms with van der Waals surface area (Å²) >= 11 is 0. The van der Waals surface area contributed by atoms with E-state index in [0.717, 1.165) is 0 Å². The van der Waals surface area contributed by atoms with Crippen molar-refractivity contribution in [1.29, 1.82) is 0 Å². The van der Waals surface area contributed by atoms with Crippen LogP contribution in [-0.4, -0.2) is 25.6 Å². The van der Waals surface area contributed by atoms with Crippen LogP contribution in [0.25, 0.3) is 0 Å². The van der Waals surface area contributed by atoms with Gasteiger partial charge in [-0.05, 0) is 32.0 Å². The number of carbonyl (C=O) groups is 1. The summed E-state index contributed by atoms with van der Waals surface area (Å²) in [7, 11) is 1.56. The van der Waals surface area contributed by atoms with Gasteiger partial charge in [0.2, 0.25) is 0 Å². The van der Waals surface area contributed by atoms with E-state index in [1.807, 2.05) is 6.92 Å². The summed E-state index contributed by atoms with van der Waals surface area (Å²) in [6.45, 7) is 3.48. The Morgan fingerprint density at radius 1 is 1.50 bits per heavy atom. The maximum Gasteiger partial charge on any atom is 0.165 e. The average Bonchev–Trinajstić information content (AvgIpc) is 2.26. The first-order valence-corrected chi connectivity index (χ1v) is 5.00. The van der Waals surface area contributed by atoms with Gasteiger partial charge in [0.15, 0.2) is 17.3 Å². The van der Waals surface area contributed by atoms with Gasteiger partial charge in [0, 0.05) is 12.7 Å². The Balaban J connectivity index is 2.72. The molecule has 0 fully saturated rings. The number of ether oxygens (including phenoxy) is 2. The summed E-state index contributed by atoms with van der Waals surface area (Å²) in [6, 6.07) is 4.17. The highest BCUT2D eigenvalue weighted by atomic mass is 19.1. The average molecular weight is 226 g/mol. The van der Waals surface area contributed by atoms with Gasteiger partial charge < -0.3 is 9.47 Å². The van der Waals surface area contributed by atoms with E-state index in [2.05, 4.69) is 0 Å². The molecular weight excluding hydrogens is 211 g/mol. The Labute approximate surface area is 94.2 Å². The largest absolute Gasteiger partial charge is 0.488 e. The Bertz CT molecular complexity index is 377.